The fourth-order valence-corrected chi connectivity index (χ4v) is 2.08. The van der Waals surface area contributed by atoms with E-state index in [1.165, 1.54) is 4.90 Å². The molecule has 86 valence electrons. The van der Waals surface area contributed by atoms with E-state index in [0.29, 0.717) is 19.5 Å². The van der Waals surface area contributed by atoms with Gasteiger partial charge in [0.2, 0.25) is 0 Å². The quantitative estimate of drug-likeness (QED) is 0.762. The van der Waals surface area contributed by atoms with Crippen molar-refractivity contribution in [3.05, 3.63) is 28.8 Å². The predicted octanol–water partition coefficient (Wildman–Crippen LogP) is 1.99. The zero-order chi connectivity index (χ0) is 11.7. The van der Waals surface area contributed by atoms with Gasteiger partial charge in [0.1, 0.15) is 5.75 Å². The number of nitrogens with zero attached hydrogens (tertiary/aromatic N) is 1. The number of benzene rings is 1. The maximum Gasteiger partial charge on any atom is 0.407 e. The highest BCUT2D eigenvalue weighted by Gasteiger charge is 2.22. The van der Waals surface area contributed by atoms with Gasteiger partial charge >= 0.3 is 6.09 Å². The van der Waals surface area contributed by atoms with Crippen LogP contribution in [0, 0.1) is 0 Å². The smallest absolute Gasteiger partial charge is 0.407 e. The van der Waals surface area contributed by atoms with Crippen molar-refractivity contribution in [2.24, 2.45) is 0 Å². The van der Waals surface area contributed by atoms with E-state index >= 15 is 0 Å². The second kappa shape index (κ2) is 4.04. The first-order valence-corrected chi connectivity index (χ1v) is 5.43. The van der Waals surface area contributed by atoms with E-state index in [9.17, 15) is 9.90 Å². The second-order valence-electron chi connectivity index (χ2n) is 4.06. The molecule has 1 aliphatic heterocycles. The van der Waals surface area contributed by atoms with Crippen LogP contribution in [0.5, 0.6) is 5.75 Å². The highest BCUT2D eigenvalue weighted by atomic mass is 16.4. The van der Waals surface area contributed by atoms with Crippen LogP contribution >= 0.6 is 0 Å². The third kappa shape index (κ3) is 1.83. The molecule has 4 heteroatoms. The molecule has 0 bridgehead atoms. The predicted molar refractivity (Wildman–Crippen MR) is 59.6 cm³/mol. The van der Waals surface area contributed by atoms with Gasteiger partial charge in [-0.25, -0.2) is 4.79 Å². The van der Waals surface area contributed by atoms with Gasteiger partial charge in [0.15, 0.2) is 0 Å². The summed E-state index contributed by atoms with van der Waals surface area (Å²) in [6.07, 6.45) is 0.636. The Hall–Kier alpha value is -1.71. The topological polar surface area (TPSA) is 60.8 Å². The number of carbonyl (C=O) groups is 1. The van der Waals surface area contributed by atoms with Crippen LogP contribution in [0.15, 0.2) is 12.1 Å². The fraction of sp³-hybridized carbons (Fsp3) is 0.417. The lowest BCUT2D eigenvalue weighted by molar-refractivity contribution is 0.139. The summed E-state index contributed by atoms with van der Waals surface area (Å²) in [6.45, 7) is 2.84. The van der Waals surface area contributed by atoms with Gasteiger partial charge in [-0.3, -0.25) is 0 Å². The number of hydrogen-bond acceptors (Lipinski definition) is 2. The Morgan fingerprint density at radius 2 is 2.25 bits per heavy atom. The molecule has 0 aliphatic carbocycles. The van der Waals surface area contributed by atoms with E-state index in [0.717, 1.165) is 23.1 Å². The van der Waals surface area contributed by atoms with E-state index in [1.54, 1.807) is 6.07 Å². The van der Waals surface area contributed by atoms with Crippen LogP contribution in [0.2, 0.25) is 0 Å². The molecular weight excluding hydrogens is 206 g/mol. The van der Waals surface area contributed by atoms with Crippen molar-refractivity contribution < 1.29 is 15.0 Å². The molecule has 0 unspecified atom stereocenters. The molecule has 2 N–H and O–H groups in total. The van der Waals surface area contributed by atoms with Crippen molar-refractivity contribution in [3.63, 3.8) is 0 Å². The second-order valence-corrected chi connectivity index (χ2v) is 4.06. The van der Waals surface area contributed by atoms with Gasteiger partial charge in [0, 0.05) is 12.1 Å². The van der Waals surface area contributed by atoms with Crippen LogP contribution in [0.4, 0.5) is 4.79 Å². The van der Waals surface area contributed by atoms with E-state index in [-0.39, 0.29) is 5.75 Å². The van der Waals surface area contributed by atoms with Crippen molar-refractivity contribution >= 4 is 6.09 Å². The molecule has 0 aromatic heterocycles. The number of aryl methyl sites for hydroxylation is 1. The van der Waals surface area contributed by atoms with Crippen molar-refractivity contribution in [2.45, 2.75) is 26.3 Å². The molecule has 0 fully saturated rings. The number of aromatic hydroxyl groups is 1. The Bertz CT molecular complexity index is 429. The average Bonchev–Trinajstić information content (AvgIpc) is 2.28. The molecule has 0 spiro atoms. The van der Waals surface area contributed by atoms with Gasteiger partial charge in [0.25, 0.3) is 0 Å². The average molecular weight is 221 g/mol. The third-order valence-electron chi connectivity index (χ3n) is 3.06. The van der Waals surface area contributed by atoms with Gasteiger partial charge in [0.05, 0.1) is 6.54 Å². The Morgan fingerprint density at radius 1 is 1.50 bits per heavy atom. The zero-order valence-electron chi connectivity index (χ0n) is 9.23. The molecule has 1 amide bonds. The number of rotatable bonds is 1. The fourth-order valence-electron chi connectivity index (χ4n) is 2.08. The SMILES string of the molecule is CCc1cc(O)c2c(c1)CCN(C(=O)O)C2. The first-order valence-electron chi connectivity index (χ1n) is 5.43. The molecule has 1 aromatic carbocycles. The zero-order valence-corrected chi connectivity index (χ0v) is 9.23. The summed E-state index contributed by atoms with van der Waals surface area (Å²) in [4.78, 5) is 12.2. The minimum absolute atomic E-state index is 0.223. The van der Waals surface area contributed by atoms with Crippen LogP contribution in [-0.2, 0) is 19.4 Å². The number of phenols is 1. The van der Waals surface area contributed by atoms with Crippen molar-refractivity contribution in [1.82, 2.24) is 4.90 Å². The molecule has 0 radical (unpaired) electrons. The van der Waals surface area contributed by atoms with E-state index in [4.69, 9.17) is 5.11 Å². The molecule has 0 saturated heterocycles. The Morgan fingerprint density at radius 3 is 2.88 bits per heavy atom. The summed E-state index contributed by atoms with van der Waals surface area (Å²) in [5.74, 6) is 0.223. The summed E-state index contributed by atoms with van der Waals surface area (Å²) < 4.78 is 0. The Balaban J connectivity index is 2.35. The first kappa shape index (κ1) is 10.8. The minimum Gasteiger partial charge on any atom is -0.508 e. The van der Waals surface area contributed by atoms with Crippen LogP contribution in [0.3, 0.4) is 0 Å². The monoisotopic (exact) mass is 221 g/mol. The highest BCUT2D eigenvalue weighted by Crippen LogP contribution is 2.29. The number of amides is 1. The van der Waals surface area contributed by atoms with Gasteiger partial charge in [-0.1, -0.05) is 13.0 Å². The molecule has 0 saturated carbocycles. The van der Waals surface area contributed by atoms with Crippen LogP contribution in [0.25, 0.3) is 0 Å². The number of carboxylic acid groups (broad SMARTS) is 1. The van der Waals surface area contributed by atoms with Crippen molar-refractivity contribution in [2.75, 3.05) is 6.54 Å². The molecule has 1 aliphatic rings. The van der Waals surface area contributed by atoms with Crippen LogP contribution in [0.1, 0.15) is 23.6 Å². The lowest BCUT2D eigenvalue weighted by atomic mass is 9.95. The third-order valence-corrected chi connectivity index (χ3v) is 3.06. The van der Waals surface area contributed by atoms with Crippen LogP contribution < -0.4 is 0 Å². The molecule has 4 nitrogen and oxygen atoms in total. The maximum atomic E-state index is 10.8. The van der Waals surface area contributed by atoms with Gasteiger partial charge in [-0.15, -0.1) is 0 Å². The molecular formula is C12H15NO3. The van der Waals surface area contributed by atoms with Crippen molar-refractivity contribution in [1.29, 1.82) is 0 Å². The van der Waals surface area contributed by atoms with Crippen LogP contribution in [-0.4, -0.2) is 27.8 Å². The standard InChI is InChI=1S/C12H15NO3/c1-2-8-5-9-3-4-13(12(15)16)7-10(9)11(14)6-8/h5-6,14H,2-4,7H2,1H3,(H,15,16). The summed E-state index contributed by atoms with van der Waals surface area (Å²) in [5, 5.41) is 18.7. The summed E-state index contributed by atoms with van der Waals surface area (Å²) in [5.41, 5.74) is 2.93. The Kier molecular flexibility index (Phi) is 2.73. The highest BCUT2D eigenvalue weighted by molar-refractivity contribution is 5.66. The van der Waals surface area contributed by atoms with Gasteiger partial charge in [-0.2, -0.15) is 0 Å². The van der Waals surface area contributed by atoms with Crippen molar-refractivity contribution in [3.8, 4) is 5.75 Å². The maximum absolute atomic E-state index is 10.8. The molecule has 1 aromatic rings. The summed E-state index contributed by atoms with van der Waals surface area (Å²) >= 11 is 0. The summed E-state index contributed by atoms with van der Waals surface area (Å²) in [7, 11) is 0. The van der Waals surface area contributed by atoms with Gasteiger partial charge in [-0.05, 0) is 30.0 Å². The normalized spacial score (nSPS) is 14.7. The first-order chi connectivity index (χ1) is 7.61. The number of hydrogen-bond donors (Lipinski definition) is 2. The molecule has 1 heterocycles. The Labute approximate surface area is 94.1 Å². The molecule has 16 heavy (non-hydrogen) atoms. The number of phenolic OH excluding ortho intramolecular Hbond substituents is 1. The lowest BCUT2D eigenvalue weighted by Crippen LogP contribution is -2.34. The summed E-state index contributed by atoms with van der Waals surface area (Å²) in [6, 6.07) is 3.79. The minimum atomic E-state index is -0.926. The van der Waals surface area contributed by atoms with Gasteiger partial charge < -0.3 is 15.1 Å². The number of fused-ring (bicyclic) bond motifs is 1. The molecule has 0 atom stereocenters. The van der Waals surface area contributed by atoms with E-state index < -0.39 is 6.09 Å². The largest absolute Gasteiger partial charge is 0.508 e. The van der Waals surface area contributed by atoms with E-state index in [1.807, 2.05) is 6.92 Å². The lowest BCUT2D eigenvalue weighted by Gasteiger charge is -2.27. The molecule has 2 rings (SSSR count). The van der Waals surface area contributed by atoms with E-state index in [2.05, 4.69) is 6.07 Å².